The van der Waals surface area contributed by atoms with Crippen LogP contribution in [0.3, 0.4) is 0 Å². The van der Waals surface area contributed by atoms with Crippen LogP contribution in [0.5, 0.6) is 11.5 Å². The van der Waals surface area contributed by atoms with Crippen molar-refractivity contribution in [3.8, 4) is 11.5 Å². The molecule has 0 aliphatic carbocycles. The fourth-order valence-electron chi connectivity index (χ4n) is 3.33. The smallest absolute Gasteiger partial charge is 0.520 e. The van der Waals surface area contributed by atoms with Gasteiger partial charge < -0.3 is 13.7 Å². The largest absolute Gasteiger partial charge is 0.625 e. The number of para-hydroxylation sites is 2. The molecular formula is C24H41BO3Si. The molecule has 1 aromatic rings. The predicted molar refractivity (Wildman–Crippen MR) is 127 cm³/mol. The molecule has 1 aromatic carbocycles. The van der Waals surface area contributed by atoms with E-state index in [4.69, 9.17) is 13.7 Å². The van der Waals surface area contributed by atoms with E-state index in [1.54, 1.807) is 0 Å². The normalized spacial score (nSPS) is 15.7. The molecule has 1 unspecified atom stereocenters. The monoisotopic (exact) mass is 416 g/mol. The van der Waals surface area contributed by atoms with Crippen molar-refractivity contribution in [2.24, 2.45) is 0 Å². The predicted octanol–water partition coefficient (Wildman–Crippen LogP) is 7.57. The van der Waals surface area contributed by atoms with Gasteiger partial charge in [0.2, 0.25) is 0 Å². The standard InChI is InChI=1S/C24H41BO3Si/c1-8-10-12-16-21(28-29(6,7)24(3,4)5)20(15-11-9-2)19-25-26-22-17-13-14-18-23(22)27-25/h13-14,17-19,21H,8-12,15-16H2,1-7H3/b20-19+. The number of unbranched alkanes of at least 4 members (excludes halogenated alkanes) is 3. The van der Waals surface area contributed by atoms with Crippen molar-refractivity contribution in [2.45, 2.75) is 104 Å². The second-order valence-corrected chi connectivity index (χ2v) is 14.5. The molecule has 29 heavy (non-hydrogen) atoms. The average molecular weight is 416 g/mol. The molecule has 0 fully saturated rings. The highest BCUT2D eigenvalue weighted by Crippen LogP contribution is 2.40. The molecule has 0 saturated carbocycles. The summed E-state index contributed by atoms with van der Waals surface area (Å²) >= 11 is 0. The third-order valence-electron chi connectivity index (χ3n) is 6.23. The molecule has 3 nitrogen and oxygen atoms in total. The molecule has 5 heteroatoms. The van der Waals surface area contributed by atoms with Gasteiger partial charge in [0.1, 0.15) is 11.5 Å². The third-order valence-corrected chi connectivity index (χ3v) is 10.7. The maximum absolute atomic E-state index is 6.96. The number of hydrogen-bond acceptors (Lipinski definition) is 3. The van der Waals surface area contributed by atoms with Gasteiger partial charge in [0, 0.05) is 0 Å². The van der Waals surface area contributed by atoms with Crippen molar-refractivity contribution in [1.82, 2.24) is 0 Å². The van der Waals surface area contributed by atoms with E-state index in [2.05, 4.69) is 53.7 Å². The summed E-state index contributed by atoms with van der Waals surface area (Å²) in [5.41, 5.74) is 1.35. The Hall–Kier alpha value is -1.20. The van der Waals surface area contributed by atoms with E-state index in [9.17, 15) is 0 Å². The second kappa shape index (κ2) is 10.7. The highest BCUT2D eigenvalue weighted by atomic mass is 28.4. The maximum atomic E-state index is 6.96. The Morgan fingerprint density at radius 1 is 1.03 bits per heavy atom. The summed E-state index contributed by atoms with van der Waals surface area (Å²) in [7, 11) is -2.22. The molecule has 0 bridgehead atoms. The quantitative estimate of drug-likeness (QED) is 0.275. The minimum Gasteiger partial charge on any atom is -0.520 e. The van der Waals surface area contributed by atoms with Gasteiger partial charge in [-0.1, -0.05) is 72.4 Å². The van der Waals surface area contributed by atoms with Crippen molar-refractivity contribution in [3.05, 3.63) is 35.8 Å². The van der Waals surface area contributed by atoms with Crippen molar-refractivity contribution in [2.75, 3.05) is 0 Å². The first kappa shape index (κ1) is 24.1. The van der Waals surface area contributed by atoms with Crippen molar-refractivity contribution >= 4 is 15.4 Å². The summed E-state index contributed by atoms with van der Waals surface area (Å²) in [5, 5.41) is 0.197. The Kier molecular flexibility index (Phi) is 8.90. The van der Waals surface area contributed by atoms with Crippen molar-refractivity contribution in [1.29, 1.82) is 0 Å². The van der Waals surface area contributed by atoms with Gasteiger partial charge in [-0.15, -0.1) is 0 Å². The van der Waals surface area contributed by atoms with Crippen LogP contribution >= 0.6 is 0 Å². The molecule has 162 valence electrons. The maximum Gasteiger partial charge on any atom is 0.625 e. The van der Waals surface area contributed by atoms with Crippen LogP contribution in [0.4, 0.5) is 0 Å². The van der Waals surface area contributed by atoms with Gasteiger partial charge in [0.05, 0.1) is 6.10 Å². The Morgan fingerprint density at radius 3 is 2.14 bits per heavy atom. The summed E-state index contributed by atoms with van der Waals surface area (Å²) in [4.78, 5) is 0. The van der Waals surface area contributed by atoms with E-state index >= 15 is 0 Å². The Balaban J connectivity index is 2.24. The van der Waals surface area contributed by atoms with Gasteiger partial charge in [-0.2, -0.15) is 0 Å². The molecule has 2 rings (SSSR count). The zero-order valence-corrected chi connectivity index (χ0v) is 20.7. The van der Waals surface area contributed by atoms with Gasteiger partial charge in [-0.3, -0.25) is 0 Å². The fourth-order valence-corrected chi connectivity index (χ4v) is 4.66. The first-order valence-corrected chi connectivity index (χ1v) is 14.4. The van der Waals surface area contributed by atoms with Crippen molar-refractivity contribution < 1.29 is 13.7 Å². The van der Waals surface area contributed by atoms with Gasteiger partial charge in [0.15, 0.2) is 8.32 Å². The average Bonchev–Trinajstić information content (AvgIpc) is 3.06. The Bertz CT molecular complexity index is 641. The van der Waals surface area contributed by atoms with Gasteiger partial charge >= 0.3 is 7.12 Å². The lowest BCUT2D eigenvalue weighted by Crippen LogP contribution is -2.44. The molecule has 1 heterocycles. The van der Waals surface area contributed by atoms with E-state index in [0.717, 1.165) is 30.8 Å². The van der Waals surface area contributed by atoms with Crippen LogP contribution in [0.2, 0.25) is 18.1 Å². The summed E-state index contributed by atoms with van der Waals surface area (Å²) in [5.74, 6) is 3.85. The number of rotatable bonds is 11. The van der Waals surface area contributed by atoms with E-state index in [1.807, 2.05) is 24.3 Å². The topological polar surface area (TPSA) is 27.7 Å². The SMILES string of the molecule is CCCCCC(O[Si](C)(C)C(C)(C)C)/C(=C/B1Oc2ccccc2O1)CCCC. The van der Waals surface area contributed by atoms with E-state index in [-0.39, 0.29) is 18.3 Å². The van der Waals surface area contributed by atoms with Crippen LogP contribution in [-0.2, 0) is 4.43 Å². The molecule has 1 aliphatic heterocycles. The molecule has 0 aromatic heterocycles. The first-order valence-electron chi connectivity index (χ1n) is 11.5. The molecule has 0 spiro atoms. The van der Waals surface area contributed by atoms with Crippen LogP contribution in [-0.4, -0.2) is 21.5 Å². The van der Waals surface area contributed by atoms with Crippen LogP contribution in [0.15, 0.2) is 35.8 Å². The van der Waals surface area contributed by atoms with E-state index in [1.165, 1.54) is 31.3 Å². The lowest BCUT2D eigenvalue weighted by molar-refractivity contribution is 0.195. The lowest BCUT2D eigenvalue weighted by atomic mass is 9.83. The highest BCUT2D eigenvalue weighted by Gasteiger charge is 2.40. The Morgan fingerprint density at radius 2 is 1.62 bits per heavy atom. The molecule has 0 amide bonds. The number of benzene rings is 1. The minimum atomic E-state index is -1.87. The zero-order chi connectivity index (χ0) is 21.5. The van der Waals surface area contributed by atoms with Crippen molar-refractivity contribution in [3.63, 3.8) is 0 Å². The first-order chi connectivity index (χ1) is 13.7. The Labute approximate surface area is 180 Å². The number of hydrogen-bond donors (Lipinski definition) is 0. The fraction of sp³-hybridized carbons (Fsp3) is 0.667. The lowest BCUT2D eigenvalue weighted by Gasteiger charge is -2.40. The summed E-state index contributed by atoms with van der Waals surface area (Å²) in [6.45, 7) is 16.2. The molecule has 0 saturated heterocycles. The highest BCUT2D eigenvalue weighted by molar-refractivity contribution is 6.74. The van der Waals surface area contributed by atoms with Gasteiger partial charge in [-0.25, -0.2) is 0 Å². The zero-order valence-electron chi connectivity index (χ0n) is 19.7. The van der Waals surface area contributed by atoms with Crippen LogP contribution in [0, 0.1) is 0 Å². The second-order valence-electron chi connectivity index (χ2n) is 9.76. The minimum absolute atomic E-state index is 0.157. The summed E-state index contributed by atoms with van der Waals surface area (Å²) in [6.07, 6.45) is 8.29. The van der Waals surface area contributed by atoms with Gasteiger partial charge in [0.25, 0.3) is 0 Å². The van der Waals surface area contributed by atoms with Crippen LogP contribution in [0.25, 0.3) is 0 Å². The summed E-state index contributed by atoms with van der Waals surface area (Å²) in [6, 6.07) is 7.92. The van der Waals surface area contributed by atoms with Gasteiger partial charge in [-0.05, 0) is 61.1 Å². The summed E-state index contributed by atoms with van der Waals surface area (Å²) < 4.78 is 19.1. The third kappa shape index (κ3) is 6.92. The molecule has 1 aliphatic rings. The molecule has 0 radical (unpaired) electrons. The van der Waals surface area contributed by atoms with Crippen LogP contribution < -0.4 is 9.31 Å². The van der Waals surface area contributed by atoms with E-state index in [0.29, 0.717) is 0 Å². The van der Waals surface area contributed by atoms with E-state index < -0.39 is 8.32 Å². The molecule has 0 N–H and O–H groups in total. The molecule has 1 atom stereocenters. The van der Waals surface area contributed by atoms with Crippen LogP contribution in [0.1, 0.15) is 79.6 Å². The molecular weight excluding hydrogens is 375 g/mol. The number of fused-ring (bicyclic) bond motifs is 1.